The maximum atomic E-state index is 14.1. The molecule has 1 atom stereocenters. The van der Waals surface area contributed by atoms with Crippen LogP contribution in [0, 0.1) is 6.92 Å². The molecule has 3 aromatic rings. The molecule has 1 N–H and O–H groups in total. The molecule has 3 aromatic carbocycles. The van der Waals surface area contributed by atoms with Gasteiger partial charge in [-0.25, -0.2) is 8.42 Å². The number of para-hydroxylation sites is 1. The molecule has 1 unspecified atom stereocenters. The van der Waals surface area contributed by atoms with Crippen molar-refractivity contribution in [2.24, 2.45) is 0 Å². The Morgan fingerprint density at radius 1 is 0.925 bits per heavy atom. The first-order valence-electron chi connectivity index (χ1n) is 14.0. The fraction of sp³-hybridized carbons (Fsp3) is 0.375. The van der Waals surface area contributed by atoms with Crippen molar-refractivity contribution in [2.45, 2.75) is 76.4 Å². The number of hydrogen-bond acceptors (Lipinski definition) is 4. The minimum atomic E-state index is -4.07. The number of nitrogens with one attached hydrogen (secondary N) is 1. The van der Waals surface area contributed by atoms with Gasteiger partial charge >= 0.3 is 0 Å². The van der Waals surface area contributed by atoms with Gasteiger partial charge in [-0.1, -0.05) is 86.0 Å². The summed E-state index contributed by atoms with van der Waals surface area (Å²) in [5.41, 5.74) is 3.23. The van der Waals surface area contributed by atoms with E-state index in [9.17, 15) is 18.0 Å². The SMILES string of the molecule is CCc1ccccc1N(CC(=O)N(Cc1ccc(C)cc1)C(C)C(=O)NC1CCCC1)S(=O)(=O)c1ccccc1. The Labute approximate surface area is 238 Å². The lowest BCUT2D eigenvalue weighted by atomic mass is 10.1. The molecule has 1 saturated carbocycles. The summed E-state index contributed by atoms with van der Waals surface area (Å²) in [5.74, 6) is -0.668. The number of rotatable bonds is 11. The second-order valence-electron chi connectivity index (χ2n) is 10.5. The summed E-state index contributed by atoms with van der Waals surface area (Å²) in [6.07, 6.45) is 4.62. The van der Waals surface area contributed by atoms with Crippen LogP contribution in [-0.2, 0) is 32.6 Å². The van der Waals surface area contributed by atoms with E-state index in [0.29, 0.717) is 12.1 Å². The lowest BCUT2D eigenvalue weighted by Crippen LogP contribution is -2.52. The van der Waals surface area contributed by atoms with Gasteiger partial charge in [0.15, 0.2) is 0 Å². The summed E-state index contributed by atoms with van der Waals surface area (Å²) < 4.78 is 29.1. The van der Waals surface area contributed by atoms with Crippen molar-refractivity contribution in [3.8, 4) is 0 Å². The van der Waals surface area contributed by atoms with Crippen LogP contribution < -0.4 is 9.62 Å². The van der Waals surface area contributed by atoms with Crippen molar-refractivity contribution in [2.75, 3.05) is 10.8 Å². The van der Waals surface area contributed by atoms with E-state index in [4.69, 9.17) is 0 Å². The van der Waals surface area contributed by atoms with Crippen LogP contribution in [0.1, 0.15) is 56.2 Å². The van der Waals surface area contributed by atoms with Gasteiger partial charge in [0.25, 0.3) is 10.0 Å². The molecule has 8 heteroatoms. The van der Waals surface area contributed by atoms with Gasteiger partial charge in [0.2, 0.25) is 11.8 Å². The predicted molar refractivity (Wildman–Crippen MR) is 158 cm³/mol. The van der Waals surface area contributed by atoms with Crippen molar-refractivity contribution >= 4 is 27.5 Å². The highest BCUT2D eigenvalue weighted by molar-refractivity contribution is 7.92. The molecule has 7 nitrogen and oxygen atoms in total. The third-order valence-corrected chi connectivity index (χ3v) is 9.37. The number of carbonyl (C=O) groups is 2. The summed E-state index contributed by atoms with van der Waals surface area (Å²) >= 11 is 0. The van der Waals surface area contributed by atoms with Crippen molar-refractivity contribution in [1.29, 1.82) is 0 Å². The van der Waals surface area contributed by atoms with Gasteiger partial charge in [-0.05, 0) is 62.4 Å². The molecular formula is C32H39N3O4S. The summed E-state index contributed by atoms with van der Waals surface area (Å²) in [6, 6.07) is 22.5. The quantitative estimate of drug-likeness (QED) is 0.347. The number of sulfonamides is 1. The van der Waals surface area contributed by atoms with Gasteiger partial charge in [-0.15, -0.1) is 0 Å². The van der Waals surface area contributed by atoms with E-state index in [1.54, 1.807) is 37.3 Å². The molecule has 1 aliphatic rings. The normalized spacial score (nSPS) is 14.5. The molecule has 0 bridgehead atoms. The van der Waals surface area contributed by atoms with Crippen molar-refractivity contribution in [3.63, 3.8) is 0 Å². The van der Waals surface area contributed by atoms with Gasteiger partial charge in [0.05, 0.1) is 10.6 Å². The van der Waals surface area contributed by atoms with Crippen LogP contribution in [0.2, 0.25) is 0 Å². The van der Waals surface area contributed by atoms with Gasteiger partial charge < -0.3 is 10.2 Å². The van der Waals surface area contributed by atoms with Crippen LogP contribution in [-0.4, -0.2) is 43.8 Å². The zero-order chi connectivity index (χ0) is 28.7. The number of amides is 2. The minimum Gasteiger partial charge on any atom is -0.352 e. The Balaban J connectivity index is 1.70. The zero-order valence-corrected chi connectivity index (χ0v) is 24.4. The summed E-state index contributed by atoms with van der Waals surface area (Å²) in [5, 5.41) is 3.10. The number of benzene rings is 3. The molecule has 0 spiro atoms. The first kappa shape index (κ1) is 29.3. The molecule has 0 saturated heterocycles. The number of anilines is 1. The Hall–Kier alpha value is -3.65. The molecule has 2 amide bonds. The predicted octanol–water partition coefficient (Wildman–Crippen LogP) is 5.23. The van der Waals surface area contributed by atoms with Crippen LogP contribution in [0.15, 0.2) is 83.8 Å². The van der Waals surface area contributed by atoms with E-state index >= 15 is 0 Å². The molecule has 0 aliphatic heterocycles. The van der Waals surface area contributed by atoms with E-state index in [1.807, 2.05) is 50.2 Å². The van der Waals surface area contributed by atoms with Gasteiger partial charge in [-0.2, -0.15) is 0 Å². The standard InChI is InChI=1S/C32H39N3O4S/c1-4-27-12-8-11-17-30(27)35(40(38,39)29-15-6-5-7-16-29)23-31(36)34(22-26-20-18-24(2)19-21-26)25(3)32(37)33-28-13-9-10-14-28/h5-8,11-12,15-21,25,28H,4,9-10,13-14,22-23H2,1-3H3,(H,33,37). The monoisotopic (exact) mass is 561 g/mol. The summed E-state index contributed by atoms with van der Waals surface area (Å²) in [6.45, 7) is 5.41. The number of hydrogen-bond donors (Lipinski definition) is 1. The summed E-state index contributed by atoms with van der Waals surface area (Å²) in [7, 11) is -4.07. The van der Waals surface area contributed by atoms with Crippen molar-refractivity contribution < 1.29 is 18.0 Å². The highest BCUT2D eigenvalue weighted by Crippen LogP contribution is 2.28. The average Bonchev–Trinajstić information content (AvgIpc) is 3.48. The van der Waals surface area contributed by atoms with Crippen LogP contribution in [0.5, 0.6) is 0 Å². The number of aryl methyl sites for hydroxylation is 2. The topological polar surface area (TPSA) is 86.8 Å². The smallest absolute Gasteiger partial charge is 0.264 e. The Morgan fingerprint density at radius 3 is 2.20 bits per heavy atom. The molecule has 1 aliphatic carbocycles. The Morgan fingerprint density at radius 2 is 1.55 bits per heavy atom. The van der Waals surface area contributed by atoms with Crippen LogP contribution in [0.25, 0.3) is 0 Å². The third-order valence-electron chi connectivity index (χ3n) is 7.59. The Bertz CT molecular complexity index is 1400. The second kappa shape index (κ2) is 13.1. The Kier molecular flexibility index (Phi) is 9.63. The highest BCUT2D eigenvalue weighted by Gasteiger charge is 2.33. The lowest BCUT2D eigenvalue weighted by Gasteiger charge is -2.33. The van der Waals surface area contributed by atoms with Crippen LogP contribution >= 0.6 is 0 Å². The fourth-order valence-electron chi connectivity index (χ4n) is 5.15. The molecule has 40 heavy (non-hydrogen) atoms. The first-order valence-corrected chi connectivity index (χ1v) is 15.5. The van der Waals surface area contributed by atoms with Crippen molar-refractivity contribution in [3.05, 3.63) is 95.6 Å². The van der Waals surface area contributed by atoms with E-state index in [2.05, 4.69) is 5.32 Å². The molecule has 212 valence electrons. The van der Waals surface area contributed by atoms with Crippen molar-refractivity contribution in [1.82, 2.24) is 10.2 Å². The molecule has 0 radical (unpaired) electrons. The van der Waals surface area contributed by atoms with E-state index in [1.165, 1.54) is 21.3 Å². The minimum absolute atomic E-state index is 0.103. The largest absolute Gasteiger partial charge is 0.352 e. The summed E-state index contributed by atoms with van der Waals surface area (Å²) in [4.78, 5) is 29.0. The van der Waals surface area contributed by atoms with E-state index in [-0.39, 0.29) is 23.4 Å². The molecule has 1 fully saturated rings. The molecule has 4 rings (SSSR count). The van der Waals surface area contributed by atoms with Gasteiger partial charge in [-0.3, -0.25) is 13.9 Å². The maximum absolute atomic E-state index is 14.1. The van der Waals surface area contributed by atoms with E-state index < -0.39 is 28.5 Å². The lowest BCUT2D eigenvalue weighted by molar-refractivity contribution is -0.139. The van der Waals surface area contributed by atoms with Gasteiger partial charge in [0.1, 0.15) is 12.6 Å². The maximum Gasteiger partial charge on any atom is 0.264 e. The number of nitrogens with zero attached hydrogens (tertiary/aromatic N) is 2. The molecule has 0 aromatic heterocycles. The first-order chi connectivity index (χ1) is 19.2. The zero-order valence-electron chi connectivity index (χ0n) is 23.5. The van der Waals surface area contributed by atoms with Gasteiger partial charge in [0, 0.05) is 12.6 Å². The molecule has 0 heterocycles. The van der Waals surface area contributed by atoms with E-state index in [0.717, 1.165) is 42.4 Å². The third kappa shape index (κ3) is 6.91. The average molecular weight is 562 g/mol. The fourth-order valence-corrected chi connectivity index (χ4v) is 6.62. The van der Waals surface area contributed by atoms with Crippen LogP contribution in [0.4, 0.5) is 5.69 Å². The second-order valence-corrected chi connectivity index (χ2v) is 12.3. The van der Waals surface area contributed by atoms with Crippen LogP contribution in [0.3, 0.4) is 0 Å². The molecular weight excluding hydrogens is 522 g/mol. The highest BCUT2D eigenvalue weighted by atomic mass is 32.2. The number of carbonyl (C=O) groups excluding carboxylic acids is 2.